The fourth-order valence-corrected chi connectivity index (χ4v) is 2.50. The average molecular weight is 273 g/mol. The van der Waals surface area contributed by atoms with Crippen molar-refractivity contribution >= 4 is 16.5 Å². The van der Waals surface area contributed by atoms with Gasteiger partial charge in [0.05, 0.1) is 16.9 Å². The van der Waals surface area contributed by atoms with Crippen LogP contribution >= 0.6 is 0 Å². The minimum atomic E-state index is -0.394. The zero-order valence-corrected chi connectivity index (χ0v) is 10.9. The maximum atomic E-state index is 11.0. The molecule has 0 bridgehead atoms. The summed E-state index contributed by atoms with van der Waals surface area (Å²) in [5.74, 6) is 1.18. The van der Waals surface area contributed by atoms with Crippen LogP contribution in [-0.4, -0.2) is 29.6 Å². The Morgan fingerprint density at radius 1 is 1.40 bits per heavy atom. The van der Waals surface area contributed by atoms with Crippen LogP contribution in [0.3, 0.4) is 0 Å². The van der Waals surface area contributed by atoms with Gasteiger partial charge in [0, 0.05) is 36.3 Å². The number of hydrogen-bond acceptors (Lipinski definition) is 5. The van der Waals surface area contributed by atoms with Crippen molar-refractivity contribution in [2.45, 2.75) is 6.42 Å². The van der Waals surface area contributed by atoms with Crippen LogP contribution in [0.15, 0.2) is 30.6 Å². The van der Waals surface area contributed by atoms with E-state index in [-0.39, 0.29) is 5.69 Å². The van der Waals surface area contributed by atoms with E-state index in [2.05, 4.69) is 10.3 Å². The summed E-state index contributed by atoms with van der Waals surface area (Å²) in [4.78, 5) is 14.6. The monoisotopic (exact) mass is 273 g/mol. The highest BCUT2D eigenvalue weighted by molar-refractivity contribution is 5.94. The molecule has 0 spiro atoms. The van der Waals surface area contributed by atoms with Crippen LogP contribution in [0.25, 0.3) is 10.8 Å². The minimum Gasteiger partial charge on any atom is -0.493 e. The zero-order chi connectivity index (χ0) is 13.9. The van der Waals surface area contributed by atoms with Crippen molar-refractivity contribution in [3.63, 3.8) is 0 Å². The molecule has 0 aliphatic carbocycles. The number of hydrogen-bond donors (Lipinski definition) is 1. The van der Waals surface area contributed by atoms with Gasteiger partial charge in [0.25, 0.3) is 5.69 Å². The van der Waals surface area contributed by atoms with Crippen molar-refractivity contribution < 1.29 is 9.66 Å². The number of aromatic nitrogens is 1. The molecule has 6 heteroatoms. The highest BCUT2D eigenvalue weighted by Gasteiger charge is 2.18. The summed E-state index contributed by atoms with van der Waals surface area (Å²) in [5.41, 5.74) is 0.0583. The minimum absolute atomic E-state index is 0.0583. The Kier molecular flexibility index (Phi) is 3.47. The lowest BCUT2D eigenvalue weighted by molar-refractivity contribution is -0.383. The van der Waals surface area contributed by atoms with E-state index < -0.39 is 4.92 Å². The lowest BCUT2D eigenvalue weighted by atomic mass is 10.1. The normalized spacial score (nSPS) is 18.3. The zero-order valence-electron chi connectivity index (χ0n) is 10.9. The number of fused-ring (bicyclic) bond motifs is 1. The van der Waals surface area contributed by atoms with Crippen molar-refractivity contribution in [3.8, 4) is 5.75 Å². The molecule has 20 heavy (non-hydrogen) atoms. The molecule has 6 nitrogen and oxygen atoms in total. The van der Waals surface area contributed by atoms with Crippen molar-refractivity contribution in [1.82, 2.24) is 10.3 Å². The van der Waals surface area contributed by atoms with Gasteiger partial charge in [0.2, 0.25) is 0 Å². The van der Waals surface area contributed by atoms with Gasteiger partial charge in [0.15, 0.2) is 0 Å². The predicted octanol–water partition coefficient (Wildman–Crippen LogP) is 2.13. The summed E-state index contributed by atoms with van der Waals surface area (Å²) in [6.07, 6.45) is 4.24. The van der Waals surface area contributed by atoms with Gasteiger partial charge in [-0.1, -0.05) is 0 Å². The molecule has 1 aromatic heterocycles. The van der Waals surface area contributed by atoms with Gasteiger partial charge in [-0.25, -0.2) is 0 Å². The molecule has 0 amide bonds. The third kappa shape index (κ3) is 2.42. The molecule has 2 aromatic rings. The molecule has 1 N–H and O–H groups in total. The van der Waals surface area contributed by atoms with Crippen molar-refractivity contribution in [1.29, 1.82) is 0 Å². The highest BCUT2D eigenvalue weighted by atomic mass is 16.6. The summed E-state index contributed by atoms with van der Waals surface area (Å²) >= 11 is 0. The number of ether oxygens (including phenoxy) is 1. The van der Waals surface area contributed by atoms with E-state index >= 15 is 0 Å². The standard InChI is InChI=1S/C14H15N3O3/c18-17(19)13-1-2-14(11-4-6-16-8-12(11)13)20-9-10-3-5-15-7-10/h1-2,4,6,8,10,15H,3,5,7,9H2. The van der Waals surface area contributed by atoms with Crippen LogP contribution in [0.1, 0.15) is 6.42 Å². The summed E-state index contributed by atoms with van der Waals surface area (Å²) in [6.45, 7) is 2.62. The Balaban J connectivity index is 1.91. The van der Waals surface area contributed by atoms with E-state index in [1.54, 1.807) is 18.3 Å². The van der Waals surface area contributed by atoms with E-state index in [9.17, 15) is 10.1 Å². The molecule has 1 atom stereocenters. The van der Waals surface area contributed by atoms with Crippen molar-refractivity contribution in [3.05, 3.63) is 40.7 Å². The van der Waals surface area contributed by atoms with Crippen LogP contribution in [0.5, 0.6) is 5.75 Å². The SMILES string of the molecule is O=[N+]([O-])c1ccc(OCC2CCNC2)c2ccncc12. The molecule has 1 aromatic carbocycles. The number of nitrogens with one attached hydrogen (secondary N) is 1. The van der Waals surface area contributed by atoms with Crippen LogP contribution in [0.2, 0.25) is 0 Å². The fourth-order valence-electron chi connectivity index (χ4n) is 2.50. The molecular formula is C14H15N3O3. The predicted molar refractivity (Wildman–Crippen MR) is 74.9 cm³/mol. The average Bonchev–Trinajstić information content (AvgIpc) is 2.97. The Morgan fingerprint density at radius 2 is 2.30 bits per heavy atom. The molecule has 0 saturated carbocycles. The first kappa shape index (κ1) is 12.8. The van der Waals surface area contributed by atoms with Gasteiger partial charge >= 0.3 is 0 Å². The molecule has 1 saturated heterocycles. The second kappa shape index (κ2) is 5.42. The Morgan fingerprint density at radius 3 is 3.05 bits per heavy atom. The largest absolute Gasteiger partial charge is 0.493 e. The Hall–Kier alpha value is -2.21. The van der Waals surface area contributed by atoms with Gasteiger partial charge in [-0.3, -0.25) is 15.1 Å². The first-order valence-electron chi connectivity index (χ1n) is 6.60. The molecule has 1 aliphatic rings. The van der Waals surface area contributed by atoms with Gasteiger partial charge in [0.1, 0.15) is 5.75 Å². The third-order valence-corrected chi connectivity index (χ3v) is 3.59. The van der Waals surface area contributed by atoms with Gasteiger partial charge in [-0.05, 0) is 25.1 Å². The maximum absolute atomic E-state index is 11.0. The molecule has 1 aliphatic heterocycles. The highest BCUT2D eigenvalue weighted by Crippen LogP contribution is 2.32. The van der Waals surface area contributed by atoms with Gasteiger partial charge in [-0.15, -0.1) is 0 Å². The summed E-state index contributed by atoms with van der Waals surface area (Å²) in [5, 5.41) is 15.6. The lowest BCUT2D eigenvalue weighted by Crippen LogP contribution is -2.15. The summed E-state index contributed by atoms with van der Waals surface area (Å²) in [6, 6.07) is 4.90. The summed E-state index contributed by atoms with van der Waals surface area (Å²) in [7, 11) is 0. The number of nitrogens with zero attached hydrogens (tertiary/aromatic N) is 2. The Labute approximate surface area is 115 Å². The van der Waals surface area contributed by atoms with E-state index in [4.69, 9.17) is 4.74 Å². The smallest absolute Gasteiger partial charge is 0.279 e. The second-order valence-electron chi connectivity index (χ2n) is 4.93. The lowest BCUT2D eigenvalue weighted by Gasteiger charge is -2.12. The summed E-state index contributed by atoms with van der Waals surface area (Å²) < 4.78 is 5.85. The number of benzene rings is 1. The van der Waals surface area contributed by atoms with Crippen LogP contribution in [0.4, 0.5) is 5.69 Å². The number of rotatable bonds is 4. The molecule has 2 heterocycles. The van der Waals surface area contributed by atoms with E-state index in [0.717, 1.165) is 24.9 Å². The topological polar surface area (TPSA) is 77.3 Å². The van der Waals surface area contributed by atoms with Crippen LogP contribution < -0.4 is 10.1 Å². The quantitative estimate of drug-likeness (QED) is 0.682. The van der Waals surface area contributed by atoms with E-state index in [1.807, 2.05) is 0 Å². The molecule has 1 fully saturated rings. The molecule has 0 radical (unpaired) electrons. The van der Waals surface area contributed by atoms with Crippen molar-refractivity contribution in [2.24, 2.45) is 5.92 Å². The van der Waals surface area contributed by atoms with Crippen LogP contribution in [-0.2, 0) is 0 Å². The van der Waals surface area contributed by atoms with Crippen molar-refractivity contribution in [2.75, 3.05) is 19.7 Å². The number of pyridine rings is 1. The third-order valence-electron chi connectivity index (χ3n) is 3.59. The number of nitro groups is 1. The first-order chi connectivity index (χ1) is 9.75. The van der Waals surface area contributed by atoms with Gasteiger partial charge < -0.3 is 10.1 Å². The molecule has 3 rings (SSSR count). The van der Waals surface area contributed by atoms with E-state index in [1.165, 1.54) is 12.3 Å². The number of nitro benzene ring substituents is 1. The Bertz CT molecular complexity index is 639. The number of non-ortho nitro benzene ring substituents is 1. The van der Waals surface area contributed by atoms with E-state index in [0.29, 0.717) is 23.7 Å². The van der Waals surface area contributed by atoms with Crippen LogP contribution in [0, 0.1) is 16.0 Å². The molecule has 1 unspecified atom stereocenters. The second-order valence-corrected chi connectivity index (χ2v) is 4.93. The fraction of sp³-hybridized carbons (Fsp3) is 0.357. The molecule has 104 valence electrons. The first-order valence-corrected chi connectivity index (χ1v) is 6.60. The van der Waals surface area contributed by atoms with Gasteiger partial charge in [-0.2, -0.15) is 0 Å². The maximum Gasteiger partial charge on any atom is 0.279 e. The molecular weight excluding hydrogens is 258 g/mol.